The SMILES string of the molecule is O=S(=O)(c1ccco1)N1C[C@@H](O)C[C@@H]1c1ccc(F)c(F)c1. The molecule has 118 valence electrons. The lowest BCUT2D eigenvalue weighted by Crippen LogP contribution is -2.31. The fraction of sp³-hybridized carbons (Fsp3) is 0.286. The van der Waals surface area contributed by atoms with Gasteiger partial charge in [0.2, 0.25) is 5.09 Å². The number of aliphatic hydroxyl groups is 1. The van der Waals surface area contributed by atoms with Crippen LogP contribution < -0.4 is 0 Å². The molecule has 1 aromatic heterocycles. The molecule has 2 heterocycles. The molecule has 0 unspecified atom stereocenters. The average molecular weight is 329 g/mol. The second-order valence-electron chi connectivity index (χ2n) is 5.09. The summed E-state index contributed by atoms with van der Waals surface area (Å²) in [5, 5.41) is 9.56. The Morgan fingerprint density at radius 1 is 1.23 bits per heavy atom. The van der Waals surface area contributed by atoms with Crippen molar-refractivity contribution in [3.63, 3.8) is 0 Å². The first-order valence-electron chi connectivity index (χ1n) is 6.58. The highest BCUT2D eigenvalue weighted by Gasteiger charge is 2.41. The molecule has 5 nitrogen and oxygen atoms in total. The molecule has 0 saturated carbocycles. The first kappa shape index (κ1) is 15.1. The van der Waals surface area contributed by atoms with Gasteiger partial charge in [-0.05, 0) is 36.2 Å². The Bertz CT molecular complexity index is 776. The number of furan rings is 1. The molecule has 0 amide bonds. The lowest BCUT2D eigenvalue weighted by Gasteiger charge is -2.22. The Labute approximate surface area is 125 Å². The van der Waals surface area contributed by atoms with Gasteiger partial charge in [-0.15, -0.1) is 0 Å². The number of nitrogens with zero attached hydrogens (tertiary/aromatic N) is 1. The van der Waals surface area contributed by atoms with E-state index in [4.69, 9.17) is 4.42 Å². The van der Waals surface area contributed by atoms with Crippen LogP contribution in [0.4, 0.5) is 8.78 Å². The standard InChI is InChI=1S/C14H13F2NO4S/c15-11-4-3-9(6-12(11)16)13-7-10(18)8-17(13)22(19,20)14-2-1-5-21-14/h1-6,10,13,18H,7-8H2/t10-,13+/m0/s1. The highest BCUT2D eigenvalue weighted by atomic mass is 32.2. The predicted molar refractivity (Wildman–Crippen MR) is 72.3 cm³/mol. The smallest absolute Gasteiger partial charge is 0.277 e. The fourth-order valence-electron chi connectivity index (χ4n) is 2.60. The third-order valence-corrected chi connectivity index (χ3v) is 5.38. The first-order chi connectivity index (χ1) is 10.4. The molecule has 1 fully saturated rings. The van der Waals surface area contributed by atoms with Gasteiger partial charge < -0.3 is 9.52 Å². The van der Waals surface area contributed by atoms with Crippen molar-refractivity contribution in [3.05, 3.63) is 53.8 Å². The predicted octanol–water partition coefficient (Wildman–Crippen LogP) is 2.05. The summed E-state index contributed by atoms with van der Waals surface area (Å²) >= 11 is 0. The van der Waals surface area contributed by atoms with Crippen molar-refractivity contribution in [2.24, 2.45) is 0 Å². The van der Waals surface area contributed by atoms with Gasteiger partial charge in [-0.25, -0.2) is 17.2 Å². The number of benzene rings is 1. The minimum absolute atomic E-state index is 0.102. The van der Waals surface area contributed by atoms with Gasteiger partial charge >= 0.3 is 0 Å². The molecule has 1 aliphatic heterocycles. The third-order valence-electron chi connectivity index (χ3n) is 3.62. The van der Waals surface area contributed by atoms with E-state index >= 15 is 0 Å². The van der Waals surface area contributed by atoms with E-state index in [2.05, 4.69) is 0 Å². The van der Waals surface area contributed by atoms with Gasteiger partial charge in [0.1, 0.15) is 0 Å². The summed E-state index contributed by atoms with van der Waals surface area (Å²) in [5.41, 5.74) is 0.283. The Morgan fingerprint density at radius 3 is 2.64 bits per heavy atom. The van der Waals surface area contributed by atoms with Crippen molar-refractivity contribution in [1.29, 1.82) is 0 Å². The van der Waals surface area contributed by atoms with Crippen molar-refractivity contribution in [2.45, 2.75) is 23.7 Å². The number of rotatable bonds is 3. The van der Waals surface area contributed by atoms with Crippen LogP contribution in [-0.2, 0) is 10.0 Å². The van der Waals surface area contributed by atoms with Gasteiger partial charge in [-0.1, -0.05) is 6.07 Å². The lowest BCUT2D eigenvalue weighted by molar-refractivity contribution is 0.188. The minimum Gasteiger partial charge on any atom is -0.452 e. The second-order valence-corrected chi connectivity index (χ2v) is 6.91. The molecule has 22 heavy (non-hydrogen) atoms. The lowest BCUT2D eigenvalue weighted by atomic mass is 10.0. The zero-order valence-corrected chi connectivity index (χ0v) is 12.1. The molecule has 0 radical (unpaired) electrons. The maximum Gasteiger partial charge on any atom is 0.277 e. The molecule has 2 aromatic rings. The largest absolute Gasteiger partial charge is 0.452 e. The van der Waals surface area contributed by atoms with Gasteiger partial charge in [0.05, 0.1) is 18.4 Å². The molecule has 1 aromatic carbocycles. The number of hydrogen-bond acceptors (Lipinski definition) is 4. The highest BCUT2D eigenvalue weighted by Crippen LogP contribution is 2.37. The molecule has 3 rings (SSSR count). The quantitative estimate of drug-likeness (QED) is 0.936. The molecular weight excluding hydrogens is 316 g/mol. The molecule has 0 bridgehead atoms. The fourth-order valence-corrected chi connectivity index (χ4v) is 4.17. The molecule has 8 heteroatoms. The van der Waals surface area contributed by atoms with Crippen LogP contribution in [0, 0.1) is 11.6 Å². The van der Waals surface area contributed by atoms with Crippen molar-refractivity contribution in [2.75, 3.05) is 6.54 Å². The van der Waals surface area contributed by atoms with Crippen molar-refractivity contribution in [3.8, 4) is 0 Å². The van der Waals surface area contributed by atoms with Crippen LogP contribution in [0.15, 0.2) is 46.1 Å². The number of sulfonamides is 1. The van der Waals surface area contributed by atoms with E-state index in [1.54, 1.807) is 0 Å². The van der Waals surface area contributed by atoms with Crippen LogP contribution in [0.2, 0.25) is 0 Å². The molecule has 1 N–H and O–H groups in total. The molecular formula is C14H13F2NO4S. The van der Waals surface area contributed by atoms with Crippen LogP contribution >= 0.6 is 0 Å². The summed E-state index contributed by atoms with van der Waals surface area (Å²) in [5.74, 6) is -2.07. The van der Waals surface area contributed by atoms with Crippen molar-refractivity contribution in [1.82, 2.24) is 4.31 Å². The summed E-state index contributed by atoms with van der Waals surface area (Å²) in [6.07, 6.45) is 0.444. The minimum atomic E-state index is -3.96. The number of aliphatic hydroxyl groups excluding tert-OH is 1. The van der Waals surface area contributed by atoms with Crippen LogP contribution in [0.3, 0.4) is 0 Å². The van der Waals surface area contributed by atoms with Gasteiger partial charge in [0.15, 0.2) is 11.6 Å². The Hall–Kier alpha value is -1.77. The van der Waals surface area contributed by atoms with Gasteiger partial charge in [0.25, 0.3) is 10.0 Å². The second kappa shape index (κ2) is 5.45. The number of hydrogen-bond donors (Lipinski definition) is 1. The van der Waals surface area contributed by atoms with Crippen molar-refractivity contribution >= 4 is 10.0 Å². The van der Waals surface area contributed by atoms with Gasteiger partial charge in [-0.2, -0.15) is 4.31 Å². The van der Waals surface area contributed by atoms with Gasteiger partial charge in [-0.3, -0.25) is 0 Å². The van der Waals surface area contributed by atoms with Crippen molar-refractivity contribution < 1.29 is 26.7 Å². The van der Waals surface area contributed by atoms with Gasteiger partial charge in [0, 0.05) is 6.54 Å². The summed E-state index contributed by atoms with van der Waals surface area (Å²) in [6, 6.07) is 5.15. The topological polar surface area (TPSA) is 70.8 Å². The Kier molecular flexibility index (Phi) is 3.75. The van der Waals surface area contributed by atoms with E-state index in [1.165, 1.54) is 24.5 Å². The normalized spacial score (nSPS) is 23.0. The van der Waals surface area contributed by atoms with Crippen LogP contribution in [0.1, 0.15) is 18.0 Å². The van der Waals surface area contributed by atoms with E-state index < -0.39 is 33.8 Å². The molecule has 1 aliphatic rings. The van der Waals surface area contributed by atoms with Crippen LogP contribution in [0.5, 0.6) is 0 Å². The Morgan fingerprint density at radius 2 is 2.00 bits per heavy atom. The zero-order valence-electron chi connectivity index (χ0n) is 11.3. The summed E-state index contributed by atoms with van der Waals surface area (Å²) in [4.78, 5) is 0. The van der Waals surface area contributed by atoms with Crippen LogP contribution in [-0.4, -0.2) is 30.5 Å². The third kappa shape index (κ3) is 2.53. The number of β-amino-alcohol motifs (C(OH)–C–C–N with tert-alkyl or cyclic N) is 1. The first-order valence-corrected chi connectivity index (χ1v) is 8.02. The zero-order chi connectivity index (χ0) is 15.9. The molecule has 2 atom stereocenters. The monoisotopic (exact) mass is 329 g/mol. The summed E-state index contributed by atoms with van der Waals surface area (Å²) in [7, 11) is -3.96. The number of halogens is 2. The van der Waals surface area contributed by atoms with E-state index in [1.807, 2.05) is 0 Å². The van der Waals surface area contributed by atoms with E-state index in [-0.39, 0.29) is 23.6 Å². The maximum absolute atomic E-state index is 13.4. The van der Waals surface area contributed by atoms with E-state index in [9.17, 15) is 22.3 Å². The molecule has 1 saturated heterocycles. The summed E-state index contributed by atoms with van der Waals surface area (Å²) in [6.45, 7) is -0.132. The maximum atomic E-state index is 13.4. The molecule has 0 aliphatic carbocycles. The highest BCUT2D eigenvalue weighted by molar-refractivity contribution is 7.89. The average Bonchev–Trinajstić information content (AvgIpc) is 3.11. The Balaban J connectivity index is 2.01. The van der Waals surface area contributed by atoms with E-state index in [0.717, 1.165) is 16.4 Å². The van der Waals surface area contributed by atoms with E-state index in [0.29, 0.717) is 0 Å². The van der Waals surface area contributed by atoms with Crippen LogP contribution in [0.25, 0.3) is 0 Å². The molecule has 0 spiro atoms. The summed E-state index contributed by atoms with van der Waals surface area (Å²) < 4.78 is 57.5.